The van der Waals surface area contributed by atoms with E-state index < -0.39 is 0 Å². The summed E-state index contributed by atoms with van der Waals surface area (Å²) in [5.41, 5.74) is 0. The summed E-state index contributed by atoms with van der Waals surface area (Å²) in [7, 11) is 4.34. The highest BCUT2D eigenvalue weighted by atomic mass is 15.2. The van der Waals surface area contributed by atoms with Crippen LogP contribution in [0.4, 0.5) is 0 Å². The fourth-order valence-electron chi connectivity index (χ4n) is 3.32. The van der Waals surface area contributed by atoms with Gasteiger partial charge in [-0.1, -0.05) is 0 Å². The minimum absolute atomic E-state index is 0.581. The number of guanidine groups is 1. The molecule has 5 heteroatoms. The smallest absolute Gasteiger partial charge is 0.191 e. The second-order valence-corrected chi connectivity index (χ2v) is 7.79. The first kappa shape index (κ1) is 21.2. The van der Waals surface area contributed by atoms with Crippen molar-refractivity contribution in [1.29, 1.82) is 0 Å². The molecule has 1 unspecified atom stereocenters. The van der Waals surface area contributed by atoms with E-state index >= 15 is 0 Å². The van der Waals surface area contributed by atoms with E-state index in [1.807, 2.05) is 0 Å². The van der Waals surface area contributed by atoms with Gasteiger partial charge in [-0.05, 0) is 73.9 Å². The summed E-state index contributed by atoms with van der Waals surface area (Å²) >= 11 is 0. The zero-order valence-electron chi connectivity index (χ0n) is 17.1. The van der Waals surface area contributed by atoms with Crippen LogP contribution in [-0.2, 0) is 0 Å². The average molecular weight is 340 g/mol. The molecule has 0 spiro atoms. The lowest BCUT2D eigenvalue weighted by Crippen LogP contribution is -2.42. The highest BCUT2D eigenvalue weighted by Crippen LogP contribution is 2.34. The Kier molecular flexibility index (Phi) is 9.67. The summed E-state index contributed by atoms with van der Waals surface area (Å²) in [4.78, 5) is 9.69. The van der Waals surface area contributed by atoms with E-state index in [2.05, 4.69) is 69.1 Å². The van der Waals surface area contributed by atoms with Gasteiger partial charge in [-0.2, -0.15) is 0 Å². The first-order valence-electron chi connectivity index (χ1n) is 9.81. The van der Waals surface area contributed by atoms with Crippen molar-refractivity contribution >= 4 is 5.96 Å². The number of nitrogens with zero attached hydrogens (tertiary/aromatic N) is 3. The molecule has 5 nitrogen and oxygen atoms in total. The number of hydrogen-bond donors (Lipinski definition) is 2. The number of rotatable bonds is 11. The molecule has 0 aromatic rings. The Morgan fingerprint density at radius 2 is 1.71 bits per heavy atom. The molecule has 24 heavy (non-hydrogen) atoms. The van der Waals surface area contributed by atoms with Crippen LogP contribution in [0.15, 0.2) is 4.99 Å². The number of likely N-dealkylation sites (N-methyl/N-ethyl adjacent to an activating group) is 1. The number of nitrogens with one attached hydrogen (secondary N) is 2. The molecule has 2 N–H and O–H groups in total. The lowest BCUT2D eigenvalue weighted by molar-refractivity contribution is 0.173. The van der Waals surface area contributed by atoms with Crippen LogP contribution in [0.3, 0.4) is 0 Å². The van der Waals surface area contributed by atoms with E-state index in [4.69, 9.17) is 4.99 Å². The van der Waals surface area contributed by atoms with E-state index in [0.29, 0.717) is 18.1 Å². The van der Waals surface area contributed by atoms with Gasteiger partial charge < -0.3 is 15.5 Å². The Labute approximate surface area is 150 Å². The quantitative estimate of drug-likeness (QED) is 0.345. The molecular weight excluding hydrogens is 298 g/mol. The molecule has 0 bridgehead atoms. The van der Waals surface area contributed by atoms with E-state index in [1.54, 1.807) is 0 Å². The van der Waals surface area contributed by atoms with Gasteiger partial charge in [-0.25, -0.2) is 0 Å². The maximum absolute atomic E-state index is 4.82. The SMILES string of the molecule is CCNC(=NCC(C1CC1)N(C)C)NCCCN(C(C)C)C(C)C. The van der Waals surface area contributed by atoms with Crippen LogP contribution in [0.2, 0.25) is 0 Å². The molecule has 0 radical (unpaired) electrons. The standard InChI is InChI=1S/C19H41N5/c1-8-20-19(22-14-18(23(6)7)17-10-11-17)21-12-9-13-24(15(2)3)16(4)5/h15-18H,8-14H2,1-7H3,(H2,20,21,22). The first-order valence-corrected chi connectivity index (χ1v) is 9.81. The summed E-state index contributed by atoms with van der Waals surface area (Å²) in [5.74, 6) is 1.81. The largest absolute Gasteiger partial charge is 0.357 e. The molecular formula is C19H41N5. The van der Waals surface area contributed by atoms with E-state index in [1.165, 1.54) is 12.8 Å². The van der Waals surface area contributed by atoms with E-state index in [0.717, 1.165) is 44.5 Å². The van der Waals surface area contributed by atoms with Crippen LogP contribution in [0.5, 0.6) is 0 Å². The molecule has 1 rings (SSSR count). The lowest BCUT2D eigenvalue weighted by atomic mass is 10.2. The molecule has 1 aliphatic carbocycles. The topological polar surface area (TPSA) is 42.9 Å². The van der Waals surface area contributed by atoms with Gasteiger partial charge in [0.05, 0.1) is 6.54 Å². The van der Waals surface area contributed by atoms with Crippen LogP contribution in [0, 0.1) is 5.92 Å². The van der Waals surface area contributed by atoms with Crippen LogP contribution in [-0.4, -0.2) is 74.2 Å². The fourth-order valence-corrected chi connectivity index (χ4v) is 3.32. The van der Waals surface area contributed by atoms with Crippen molar-refractivity contribution in [3.63, 3.8) is 0 Å². The molecule has 0 aromatic carbocycles. The molecule has 1 atom stereocenters. The Balaban J connectivity index is 2.40. The predicted molar refractivity (Wildman–Crippen MR) is 106 cm³/mol. The van der Waals surface area contributed by atoms with Crippen molar-refractivity contribution in [2.75, 3.05) is 40.3 Å². The third kappa shape index (κ3) is 7.84. The van der Waals surface area contributed by atoms with Crippen molar-refractivity contribution in [2.24, 2.45) is 10.9 Å². The summed E-state index contributed by atoms with van der Waals surface area (Å²) in [6.45, 7) is 15.1. The highest BCUT2D eigenvalue weighted by molar-refractivity contribution is 5.79. The Bertz CT molecular complexity index is 351. The van der Waals surface area contributed by atoms with Gasteiger partial charge in [0.15, 0.2) is 5.96 Å². The van der Waals surface area contributed by atoms with Crippen LogP contribution >= 0.6 is 0 Å². The van der Waals surface area contributed by atoms with Gasteiger partial charge in [0.1, 0.15) is 0 Å². The average Bonchev–Trinajstić information content (AvgIpc) is 3.30. The van der Waals surface area contributed by atoms with Crippen molar-refractivity contribution in [3.8, 4) is 0 Å². The summed E-state index contributed by atoms with van der Waals surface area (Å²) in [5, 5.41) is 6.88. The van der Waals surface area contributed by atoms with Gasteiger partial charge in [0.25, 0.3) is 0 Å². The van der Waals surface area contributed by atoms with Gasteiger partial charge in [-0.15, -0.1) is 0 Å². The van der Waals surface area contributed by atoms with Crippen LogP contribution in [0.1, 0.15) is 53.9 Å². The molecule has 0 amide bonds. The first-order chi connectivity index (χ1) is 11.4. The fraction of sp³-hybridized carbons (Fsp3) is 0.947. The normalized spacial score (nSPS) is 17.2. The van der Waals surface area contributed by atoms with Gasteiger partial charge >= 0.3 is 0 Å². The van der Waals surface area contributed by atoms with Crippen molar-refractivity contribution in [1.82, 2.24) is 20.4 Å². The minimum atomic E-state index is 0.581. The minimum Gasteiger partial charge on any atom is -0.357 e. The molecule has 1 fully saturated rings. The summed E-state index contributed by atoms with van der Waals surface area (Å²) in [6.07, 6.45) is 3.87. The van der Waals surface area contributed by atoms with Gasteiger partial charge in [0, 0.05) is 37.8 Å². The van der Waals surface area contributed by atoms with E-state index in [-0.39, 0.29) is 0 Å². The molecule has 0 saturated heterocycles. The second kappa shape index (κ2) is 10.9. The summed E-state index contributed by atoms with van der Waals surface area (Å²) < 4.78 is 0. The molecule has 0 aliphatic heterocycles. The number of aliphatic imine (C=N–C) groups is 1. The molecule has 1 saturated carbocycles. The van der Waals surface area contributed by atoms with Crippen molar-refractivity contribution < 1.29 is 0 Å². The molecule has 0 aromatic heterocycles. The van der Waals surface area contributed by atoms with E-state index in [9.17, 15) is 0 Å². The zero-order valence-corrected chi connectivity index (χ0v) is 17.1. The Morgan fingerprint density at radius 1 is 1.08 bits per heavy atom. The molecule has 1 aliphatic rings. The predicted octanol–water partition coefficient (Wildman–Crippen LogP) is 2.39. The van der Waals surface area contributed by atoms with Gasteiger partial charge in [0.2, 0.25) is 0 Å². The third-order valence-corrected chi connectivity index (χ3v) is 4.82. The monoisotopic (exact) mass is 339 g/mol. The van der Waals surface area contributed by atoms with Crippen LogP contribution in [0.25, 0.3) is 0 Å². The molecule has 142 valence electrons. The van der Waals surface area contributed by atoms with Gasteiger partial charge in [-0.3, -0.25) is 9.89 Å². The van der Waals surface area contributed by atoms with Crippen molar-refractivity contribution in [3.05, 3.63) is 0 Å². The number of hydrogen-bond acceptors (Lipinski definition) is 3. The maximum atomic E-state index is 4.82. The van der Waals surface area contributed by atoms with Crippen LogP contribution < -0.4 is 10.6 Å². The van der Waals surface area contributed by atoms with Crippen molar-refractivity contribution in [2.45, 2.75) is 72.0 Å². The Morgan fingerprint density at radius 3 is 2.17 bits per heavy atom. The second-order valence-electron chi connectivity index (χ2n) is 7.79. The zero-order chi connectivity index (χ0) is 18.1. The lowest BCUT2D eigenvalue weighted by Gasteiger charge is -2.30. The summed E-state index contributed by atoms with van der Waals surface area (Å²) in [6, 6.07) is 1.79. The molecule has 0 heterocycles. The highest BCUT2D eigenvalue weighted by Gasteiger charge is 2.32. The third-order valence-electron chi connectivity index (χ3n) is 4.82. The Hall–Kier alpha value is -0.810. The maximum Gasteiger partial charge on any atom is 0.191 e.